The number of hydrogen-bond donors (Lipinski definition) is 0. The quantitative estimate of drug-likeness (QED) is 0.152. The molecular formula is C21H30NO7S-. The zero-order chi connectivity index (χ0) is 23.1. The average Bonchev–Trinajstić information content (AvgIpc) is 2.73. The van der Waals surface area contributed by atoms with Gasteiger partial charge < -0.3 is 28.6 Å². The SMILES string of the molecule is COC(=O)/C(=C(/[O-])OC)[C@H](c1ccc(OC)cc1)[C@@H](C)/C(=N/[S+]([O-])C(C)(C)C)OC. The summed E-state index contributed by atoms with van der Waals surface area (Å²) in [7, 11) is 5.30. The van der Waals surface area contributed by atoms with Crippen molar-refractivity contribution in [3.8, 4) is 5.75 Å². The molecule has 8 nitrogen and oxygen atoms in total. The third-order valence-electron chi connectivity index (χ3n) is 4.39. The van der Waals surface area contributed by atoms with Crippen LogP contribution in [0.3, 0.4) is 0 Å². The summed E-state index contributed by atoms with van der Waals surface area (Å²) in [6.45, 7) is 7.08. The van der Waals surface area contributed by atoms with Crippen LogP contribution in [-0.2, 0) is 30.4 Å². The average molecular weight is 441 g/mol. The van der Waals surface area contributed by atoms with Crippen LogP contribution in [0.25, 0.3) is 0 Å². The molecule has 1 aromatic rings. The van der Waals surface area contributed by atoms with Crippen LogP contribution in [0.15, 0.2) is 40.2 Å². The van der Waals surface area contributed by atoms with Crippen LogP contribution in [0, 0.1) is 5.92 Å². The van der Waals surface area contributed by atoms with E-state index in [4.69, 9.17) is 18.9 Å². The van der Waals surface area contributed by atoms with Crippen molar-refractivity contribution >= 4 is 23.2 Å². The second kappa shape index (κ2) is 11.1. The third-order valence-corrected chi connectivity index (χ3v) is 5.79. The second-order valence-corrected chi connectivity index (χ2v) is 9.34. The van der Waals surface area contributed by atoms with E-state index >= 15 is 0 Å². The molecule has 1 rings (SSSR count). The molecular weight excluding hydrogens is 410 g/mol. The summed E-state index contributed by atoms with van der Waals surface area (Å²) in [4.78, 5) is 12.5. The first-order valence-electron chi connectivity index (χ1n) is 9.23. The molecule has 0 aliphatic heterocycles. The zero-order valence-corrected chi connectivity index (χ0v) is 19.5. The summed E-state index contributed by atoms with van der Waals surface area (Å²) >= 11 is -1.60. The molecule has 0 saturated heterocycles. The molecule has 0 fully saturated rings. The molecule has 0 spiro atoms. The van der Waals surface area contributed by atoms with Crippen LogP contribution in [0.5, 0.6) is 5.75 Å². The molecule has 30 heavy (non-hydrogen) atoms. The number of nitrogens with zero attached hydrogens (tertiary/aromatic N) is 1. The Hall–Kier alpha value is -2.39. The van der Waals surface area contributed by atoms with Crippen LogP contribution < -0.4 is 9.84 Å². The van der Waals surface area contributed by atoms with Gasteiger partial charge >= 0.3 is 5.97 Å². The Balaban J connectivity index is 3.65. The third kappa shape index (κ3) is 6.30. The van der Waals surface area contributed by atoms with E-state index < -0.39 is 39.9 Å². The van der Waals surface area contributed by atoms with Crippen molar-refractivity contribution in [3.63, 3.8) is 0 Å². The van der Waals surface area contributed by atoms with Crippen LogP contribution >= 0.6 is 0 Å². The van der Waals surface area contributed by atoms with Crippen LogP contribution in [-0.4, -0.2) is 49.6 Å². The summed E-state index contributed by atoms with van der Waals surface area (Å²) in [6, 6.07) is 6.86. The summed E-state index contributed by atoms with van der Waals surface area (Å²) in [5.41, 5.74) is 0.393. The predicted molar refractivity (Wildman–Crippen MR) is 113 cm³/mol. The summed E-state index contributed by atoms with van der Waals surface area (Å²) in [5.74, 6) is -2.38. The van der Waals surface area contributed by atoms with Crippen molar-refractivity contribution in [2.75, 3.05) is 28.4 Å². The molecule has 0 heterocycles. The Bertz CT molecular complexity index is 769. The fraction of sp³-hybridized carbons (Fsp3) is 0.524. The Morgan fingerprint density at radius 1 is 1.03 bits per heavy atom. The van der Waals surface area contributed by atoms with Gasteiger partial charge in [0.05, 0.1) is 32.8 Å². The van der Waals surface area contributed by atoms with Gasteiger partial charge in [-0.3, -0.25) is 0 Å². The molecule has 0 amide bonds. The van der Waals surface area contributed by atoms with E-state index in [0.29, 0.717) is 11.3 Å². The lowest BCUT2D eigenvalue weighted by Crippen LogP contribution is -2.32. The van der Waals surface area contributed by atoms with Gasteiger partial charge in [0.1, 0.15) is 21.9 Å². The zero-order valence-electron chi connectivity index (χ0n) is 18.7. The summed E-state index contributed by atoms with van der Waals surface area (Å²) in [6.07, 6.45) is 0. The number of carbonyl (C=O) groups excluding carboxylic acids is 1. The van der Waals surface area contributed by atoms with Crippen LogP contribution in [0.1, 0.15) is 39.2 Å². The Labute approximate surface area is 181 Å². The van der Waals surface area contributed by atoms with Gasteiger partial charge in [0.2, 0.25) is 5.90 Å². The van der Waals surface area contributed by atoms with Crippen LogP contribution in [0.2, 0.25) is 0 Å². The number of ether oxygens (including phenoxy) is 4. The molecule has 168 valence electrons. The standard InChI is InChI=1S/C21H31NO7S/c1-13(18(27-6)22-30(25)21(2,3)4)16(14-9-11-15(26-5)12-10-14)17(19(23)28-7)20(24)29-8/h9-13,16,23H,1-8H3/p-1/b19-17-,22-18-/t13-,16+,30?/m1/s1. The van der Waals surface area contributed by atoms with Crippen molar-refractivity contribution in [2.24, 2.45) is 10.3 Å². The summed E-state index contributed by atoms with van der Waals surface area (Å²) < 4.78 is 36.5. The van der Waals surface area contributed by atoms with Gasteiger partial charge in [-0.15, -0.1) is 0 Å². The Kier molecular flexibility index (Phi) is 9.51. The van der Waals surface area contributed by atoms with Gasteiger partial charge in [-0.25, -0.2) is 4.79 Å². The second-order valence-electron chi connectivity index (χ2n) is 7.43. The molecule has 0 aromatic heterocycles. The maximum Gasteiger partial charge on any atom is 0.336 e. The van der Waals surface area contributed by atoms with Crippen molar-refractivity contribution in [1.29, 1.82) is 0 Å². The minimum Gasteiger partial charge on any atom is -0.616 e. The first kappa shape index (κ1) is 25.6. The van der Waals surface area contributed by atoms with Crippen molar-refractivity contribution in [3.05, 3.63) is 41.3 Å². The number of esters is 1. The fourth-order valence-corrected chi connectivity index (χ4v) is 3.42. The smallest absolute Gasteiger partial charge is 0.336 e. The van der Waals surface area contributed by atoms with Gasteiger partial charge in [0.25, 0.3) is 0 Å². The van der Waals surface area contributed by atoms with E-state index in [1.165, 1.54) is 28.4 Å². The first-order valence-corrected chi connectivity index (χ1v) is 10.3. The number of rotatable bonds is 8. The molecule has 1 unspecified atom stereocenters. The molecule has 0 aliphatic carbocycles. The molecule has 0 saturated carbocycles. The molecule has 1 aromatic carbocycles. The van der Waals surface area contributed by atoms with Gasteiger partial charge in [-0.05, 0) is 50.0 Å². The van der Waals surface area contributed by atoms with E-state index in [9.17, 15) is 14.5 Å². The van der Waals surface area contributed by atoms with Gasteiger partial charge in [0.15, 0.2) is 0 Å². The number of methoxy groups -OCH3 is 4. The molecule has 0 radical (unpaired) electrons. The molecule has 3 atom stereocenters. The molecule has 0 bridgehead atoms. The lowest BCUT2D eigenvalue weighted by Gasteiger charge is -2.29. The molecule has 0 aliphatic rings. The number of carbonyl (C=O) groups is 1. The van der Waals surface area contributed by atoms with E-state index in [2.05, 4.69) is 4.40 Å². The highest BCUT2D eigenvalue weighted by atomic mass is 32.2. The minimum atomic E-state index is -1.60. The van der Waals surface area contributed by atoms with Gasteiger partial charge in [0, 0.05) is 11.8 Å². The van der Waals surface area contributed by atoms with Crippen LogP contribution in [0.4, 0.5) is 0 Å². The predicted octanol–water partition coefficient (Wildman–Crippen LogP) is 2.31. The number of benzene rings is 1. The minimum absolute atomic E-state index is 0.134. The molecule has 9 heteroatoms. The maximum atomic E-state index is 12.6. The number of hydrogen-bond acceptors (Lipinski definition) is 8. The van der Waals surface area contributed by atoms with E-state index in [1.807, 2.05) is 0 Å². The fourth-order valence-electron chi connectivity index (χ4n) is 2.74. The highest BCUT2D eigenvalue weighted by Gasteiger charge is 2.36. The van der Waals surface area contributed by atoms with E-state index in [-0.39, 0.29) is 11.5 Å². The highest BCUT2D eigenvalue weighted by molar-refractivity contribution is 7.91. The lowest BCUT2D eigenvalue weighted by atomic mass is 9.81. The highest BCUT2D eigenvalue weighted by Crippen LogP contribution is 2.36. The first-order chi connectivity index (χ1) is 14.0. The van der Waals surface area contributed by atoms with E-state index in [1.54, 1.807) is 52.0 Å². The van der Waals surface area contributed by atoms with Crippen molar-refractivity contribution in [1.82, 2.24) is 0 Å². The Morgan fingerprint density at radius 3 is 2.00 bits per heavy atom. The topological polar surface area (TPSA) is 112 Å². The lowest BCUT2D eigenvalue weighted by molar-refractivity contribution is -0.355. The monoisotopic (exact) mass is 440 g/mol. The van der Waals surface area contributed by atoms with Crippen molar-refractivity contribution in [2.45, 2.75) is 38.4 Å². The van der Waals surface area contributed by atoms with Gasteiger partial charge in [-0.2, -0.15) is 0 Å². The summed E-state index contributed by atoms with van der Waals surface area (Å²) in [5, 5.41) is 12.5. The normalized spacial score (nSPS) is 16.1. The van der Waals surface area contributed by atoms with Crippen molar-refractivity contribution < 1.29 is 33.4 Å². The van der Waals surface area contributed by atoms with E-state index in [0.717, 1.165) is 0 Å². The van der Waals surface area contributed by atoms with Gasteiger partial charge in [-0.1, -0.05) is 19.1 Å². The largest absolute Gasteiger partial charge is 0.616 e. The Morgan fingerprint density at radius 2 is 1.60 bits per heavy atom. The maximum absolute atomic E-state index is 12.6. The molecule has 0 N–H and O–H groups in total.